The standard InChI is InChI=1S/C14H20N2O/c1-15-10-13-7-8-16(11-13)14(17)9-12-5-3-2-4-6-12/h2-6,13,15H,7-11H2,1H3. The van der Waals surface area contributed by atoms with Crippen molar-refractivity contribution in [3.63, 3.8) is 0 Å². The fourth-order valence-corrected chi connectivity index (χ4v) is 2.40. The Morgan fingerprint density at radius 3 is 2.88 bits per heavy atom. The summed E-state index contributed by atoms with van der Waals surface area (Å²) < 4.78 is 0. The van der Waals surface area contributed by atoms with Gasteiger partial charge in [0.05, 0.1) is 6.42 Å². The number of likely N-dealkylation sites (tertiary alicyclic amines) is 1. The molecule has 1 heterocycles. The van der Waals surface area contributed by atoms with Crippen molar-refractivity contribution in [1.29, 1.82) is 0 Å². The van der Waals surface area contributed by atoms with Crippen molar-refractivity contribution in [2.45, 2.75) is 12.8 Å². The first-order chi connectivity index (χ1) is 8.29. The Balaban J connectivity index is 1.85. The van der Waals surface area contributed by atoms with Gasteiger partial charge in [-0.2, -0.15) is 0 Å². The lowest BCUT2D eigenvalue weighted by Crippen LogP contribution is -2.31. The van der Waals surface area contributed by atoms with Gasteiger partial charge in [0.15, 0.2) is 0 Å². The molecule has 1 amide bonds. The second-order valence-electron chi connectivity index (χ2n) is 4.71. The highest BCUT2D eigenvalue weighted by Crippen LogP contribution is 2.16. The van der Waals surface area contributed by atoms with Crippen LogP contribution in [0.25, 0.3) is 0 Å². The minimum absolute atomic E-state index is 0.259. The van der Waals surface area contributed by atoms with Crippen molar-refractivity contribution < 1.29 is 4.79 Å². The summed E-state index contributed by atoms with van der Waals surface area (Å²) in [6.45, 7) is 2.83. The van der Waals surface area contributed by atoms with Gasteiger partial charge in [0.2, 0.25) is 5.91 Å². The van der Waals surface area contributed by atoms with Crippen LogP contribution >= 0.6 is 0 Å². The van der Waals surface area contributed by atoms with E-state index in [0.29, 0.717) is 12.3 Å². The molecule has 1 fully saturated rings. The number of nitrogens with zero attached hydrogens (tertiary/aromatic N) is 1. The van der Waals surface area contributed by atoms with E-state index in [1.165, 1.54) is 0 Å². The van der Waals surface area contributed by atoms with Crippen LogP contribution in [0.5, 0.6) is 0 Å². The van der Waals surface area contributed by atoms with Crippen molar-refractivity contribution in [1.82, 2.24) is 10.2 Å². The van der Waals surface area contributed by atoms with Crippen molar-refractivity contribution in [2.75, 3.05) is 26.7 Å². The molecule has 0 spiro atoms. The summed E-state index contributed by atoms with van der Waals surface area (Å²) in [5.41, 5.74) is 1.11. The van der Waals surface area contributed by atoms with E-state index in [2.05, 4.69) is 5.32 Å². The zero-order valence-electron chi connectivity index (χ0n) is 10.4. The molecule has 1 aromatic carbocycles. The number of rotatable bonds is 4. The molecule has 92 valence electrons. The Labute approximate surface area is 103 Å². The van der Waals surface area contributed by atoms with E-state index in [1.54, 1.807) is 0 Å². The first kappa shape index (κ1) is 12.1. The molecule has 0 aromatic heterocycles. The van der Waals surface area contributed by atoms with Gasteiger partial charge >= 0.3 is 0 Å². The molecule has 1 aromatic rings. The van der Waals surface area contributed by atoms with Crippen LogP contribution in [0.2, 0.25) is 0 Å². The number of carbonyl (C=O) groups is 1. The highest BCUT2D eigenvalue weighted by molar-refractivity contribution is 5.79. The fraction of sp³-hybridized carbons (Fsp3) is 0.500. The van der Waals surface area contributed by atoms with E-state index in [1.807, 2.05) is 42.3 Å². The quantitative estimate of drug-likeness (QED) is 0.848. The third-order valence-corrected chi connectivity index (χ3v) is 3.33. The maximum absolute atomic E-state index is 12.1. The molecule has 0 radical (unpaired) electrons. The van der Waals surface area contributed by atoms with E-state index in [9.17, 15) is 4.79 Å². The molecule has 0 saturated carbocycles. The van der Waals surface area contributed by atoms with Gasteiger partial charge in [-0.1, -0.05) is 30.3 Å². The van der Waals surface area contributed by atoms with Crippen molar-refractivity contribution in [2.24, 2.45) is 5.92 Å². The summed E-state index contributed by atoms with van der Waals surface area (Å²) in [5.74, 6) is 0.884. The highest BCUT2D eigenvalue weighted by atomic mass is 16.2. The van der Waals surface area contributed by atoms with Crippen LogP contribution in [-0.4, -0.2) is 37.5 Å². The summed E-state index contributed by atoms with van der Waals surface area (Å²) >= 11 is 0. The topological polar surface area (TPSA) is 32.3 Å². The third kappa shape index (κ3) is 3.30. The van der Waals surface area contributed by atoms with Crippen molar-refractivity contribution in [3.8, 4) is 0 Å². The zero-order chi connectivity index (χ0) is 12.1. The summed E-state index contributed by atoms with van der Waals surface area (Å²) in [6.07, 6.45) is 1.66. The average molecular weight is 232 g/mol. The minimum Gasteiger partial charge on any atom is -0.342 e. The zero-order valence-corrected chi connectivity index (χ0v) is 10.4. The van der Waals surface area contributed by atoms with Gasteiger partial charge in [0.1, 0.15) is 0 Å². The number of carbonyl (C=O) groups excluding carboxylic acids is 1. The van der Waals surface area contributed by atoms with Crippen LogP contribution in [0, 0.1) is 5.92 Å². The van der Waals surface area contributed by atoms with Crippen LogP contribution < -0.4 is 5.32 Å². The number of amides is 1. The Morgan fingerprint density at radius 1 is 1.41 bits per heavy atom. The smallest absolute Gasteiger partial charge is 0.226 e. The molecule has 1 N–H and O–H groups in total. The molecule has 1 unspecified atom stereocenters. The van der Waals surface area contributed by atoms with Crippen LogP contribution in [0.1, 0.15) is 12.0 Å². The molecule has 0 bridgehead atoms. The van der Waals surface area contributed by atoms with E-state index in [-0.39, 0.29) is 5.91 Å². The van der Waals surface area contributed by atoms with E-state index in [0.717, 1.165) is 31.6 Å². The van der Waals surface area contributed by atoms with Crippen LogP contribution in [0.15, 0.2) is 30.3 Å². The largest absolute Gasteiger partial charge is 0.342 e. The third-order valence-electron chi connectivity index (χ3n) is 3.33. The molecule has 17 heavy (non-hydrogen) atoms. The van der Waals surface area contributed by atoms with Crippen LogP contribution in [0.3, 0.4) is 0 Å². The Bertz CT molecular complexity index is 364. The van der Waals surface area contributed by atoms with Crippen molar-refractivity contribution in [3.05, 3.63) is 35.9 Å². The highest BCUT2D eigenvalue weighted by Gasteiger charge is 2.25. The lowest BCUT2D eigenvalue weighted by Gasteiger charge is -2.16. The lowest BCUT2D eigenvalue weighted by molar-refractivity contribution is -0.129. The molecule has 1 aliphatic rings. The minimum atomic E-state index is 0.259. The fourth-order valence-electron chi connectivity index (χ4n) is 2.40. The molecule has 3 nitrogen and oxygen atoms in total. The van der Waals surface area contributed by atoms with E-state index >= 15 is 0 Å². The van der Waals surface area contributed by atoms with Gasteiger partial charge in [-0.05, 0) is 31.5 Å². The number of hydrogen-bond acceptors (Lipinski definition) is 2. The molecule has 1 saturated heterocycles. The predicted octanol–water partition coefficient (Wildman–Crippen LogP) is 1.30. The molecule has 1 atom stereocenters. The average Bonchev–Trinajstić information content (AvgIpc) is 2.79. The Morgan fingerprint density at radius 2 is 2.18 bits per heavy atom. The summed E-state index contributed by atoms with van der Waals surface area (Å²) in [6, 6.07) is 9.97. The second kappa shape index (κ2) is 5.82. The summed E-state index contributed by atoms with van der Waals surface area (Å²) in [7, 11) is 1.97. The van der Waals surface area contributed by atoms with Crippen LogP contribution in [-0.2, 0) is 11.2 Å². The number of nitrogens with one attached hydrogen (secondary N) is 1. The summed E-state index contributed by atoms with van der Waals surface area (Å²) in [5, 5.41) is 3.18. The van der Waals surface area contributed by atoms with Gasteiger partial charge in [-0.3, -0.25) is 4.79 Å². The SMILES string of the molecule is CNCC1CCN(C(=O)Cc2ccccc2)C1. The predicted molar refractivity (Wildman–Crippen MR) is 68.8 cm³/mol. The Hall–Kier alpha value is -1.35. The molecule has 3 heteroatoms. The lowest BCUT2D eigenvalue weighted by atomic mass is 10.1. The molecule has 1 aliphatic heterocycles. The maximum atomic E-state index is 12.1. The number of benzene rings is 1. The molecular formula is C14H20N2O. The van der Waals surface area contributed by atoms with Gasteiger partial charge in [0, 0.05) is 13.1 Å². The van der Waals surface area contributed by atoms with Crippen LogP contribution in [0.4, 0.5) is 0 Å². The van der Waals surface area contributed by atoms with E-state index < -0.39 is 0 Å². The van der Waals surface area contributed by atoms with Gasteiger partial charge in [-0.25, -0.2) is 0 Å². The first-order valence-electron chi connectivity index (χ1n) is 6.26. The van der Waals surface area contributed by atoms with Gasteiger partial charge < -0.3 is 10.2 Å². The number of hydrogen-bond donors (Lipinski definition) is 1. The molecular weight excluding hydrogens is 212 g/mol. The van der Waals surface area contributed by atoms with E-state index in [4.69, 9.17) is 0 Å². The van der Waals surface area contributed by atoms with Crippen molar-refractivity contribution >= 4 is 5.91 Å². The van der Waals surface area contributed by atoms with Gasteiger partial charge in [0.25, 0.3) is 0 Å². The second-order valence-corrected chi connectivity index (χ2v) is 4.71. The molecule has 2 rings (SSSR count). The first-order valence-corrected chi connectivity index (χ1v) is 6.26. The monoisotopic (exact) mass is 232 g/mol. The Kier molecular flexibility index (Phi) is 4.15. The van der Waals surface area contributed by atoms with Gasteiger partial charge in [-0.15, -0.1) is 0 Å². The maximum Gasteiger partial charge on any atom is 0.226 e. The molecule has 0 aliphatic carbocycles. The normalized spacial score (nSPS) is 19.6. The summed E-state index contributed by atoms with van der Waals surface area (Å²) in [4.78, 5) is 14.1.